The van der Waals surface area contributed by atoms with Crippen molar-refractivity contribution in [2.75, 3.05) is 32.5 Å². The van der Waals surface area contributed by atoms with E-state index in [1.807, 2.05) is 39.6 Å². The molecule has 2 aromatic rings. The average molecular weight is 924 g/mol. The molecule has 1 aromatic heterocycles. The predicted molar refractivity (Wildman–Crippen MR) is 242 cm³/mol. The average Bonchev–Trinajstić information content (AvgIpc) is 3.87. The molecule has 6 amide bonds. The van der Waals surface area contributed by atoms with Crippen molar-refractivity contribution in [2.24, 2.45) is 17.8 Å². The number of rotatable bonds is 23. The normalized spacial score (nSPS) is 18.0. The summed E-state index contributed by atoms with van der Waals surface area (Å²) in [5.74, 6) is -5.48. The Morgan fingerprint density at radius 3 is 2.32 bits per heavy atom. The van der Waals surface area contributed by atoms with E-state index in [2.05, 4.69) is 20.9 Å². The smallest absolute Gasteiger partial charge is 0.306 e. The first-order valence-electron chi connectivity index (χ1n) is 22.3. The molecule has 0 aliphatic carbocycles. The molecule has 5 N–H and O–H groups in total. The SMILES string of the molecule is CC[C@H](C)[C@H](NC(=O)[C@H]1CCCCN1C)C(=O)N(C)[C@H](C[C@@H](OC(C)=O)c1nc(C(=O)N[C@@H](Cc2ccc(O)c(NC(=O)CCCN3C(=O)C=CC3=O)c2)C[C@@H](C)C(=O)O)cs1)C(C)C. The number of phenols is 1. The van der Waals surface area contributed by atoms with Crippen LogP contribution in [0.5, 0.6) is 5.75 Å². The van der Waals surface area contributed by atoms with Gasteiger partial charge in [-0.15, -0.1) is 11.3 Å². The highest BCUT2D eigenvalue weighted by atomic mass is 32.1. The van der Waals surface area contributed by atoms with Gasteiger partial charge in [-0.1, -0.05) is 53.5 Å². The number of thiazole rings is 1. The maximum Gasteiger partial charge on any atom is 0.306 e. The van der Waals surface area contributed by atoms with Crippen molar-refractivity contribution in [1.82, 2.24) is 30.3 Å². The summed E-state index contributed by atoms with van der Waals surface area (Å²) in [5.41, 5.74) is 0.641. The number of imide groups is 1. The fourth-order valence-electron chi connectivity index (χ4n) is 8.10. The van der Waals surface area contributed by atoms with Crippen molar-refractivity contribution in [3.8, 4) is 5.75 Å². The van der Waals surface area contributed by atoms with Crippen LogP contribution in [0, 0.1) is 17.8 Å². The highest BCUT2D eigenvalue weighted by molar-refractivity contribution is 7.09. The molecule has 1 fully saturated rings. The number of piperidine rings is 1. The van der Waals surface area contributed by atoms with E-state index >= 15 is 0 Å². The topological polar surface area (TPSA) is 245 Å². The van der Waals surface area contributed by atoms with Crippen LogP contribution in [0.3, 0.4) is 0 Å². The third kappa shape index (κ3) is 14.7. The van der Waals surface area contributed by atoms with Gasteiger partial charge in [-0.2, -0.15) is 0 Å². The minimum atomic E-state index is -1.07. The molecular weight excluding hydrogens is 859 g/mol. The first kappa shape index (κ1) is 51.9. The Morgan fingerprint density at radius 1 is 1.02 bits per heavy atom. The number of phenolic OH excluding ortho intramolecular Hbond substituents is 1. The fraction of sp³-hybridized carbons (Fsp3) is 0.587. The maximum absolute atomic E-state index is 14.3. The number of anilines is 1. The van der Waals surface area contributed by atoms with Crippen LogP contribution < -0.4 is 16.0 Å². The Hall–Kier alpha value is -5.69. The van der Waals surface area contributed by atoms with Gasteiger partial charge in [0.15, 0.2) is 6.10 Å². The van der Waals surface area contributed by atoms with Gasteiger partial charge in [0.05, 0.1) is 17.6 Å². The summed E-state index contributed by atoms with van der Waals surface area (Å²) in [7, 11) is 3.60. The number of likely N-dealkylation sites (N-methyl/N-ethyl adjacent to an activating group) is 2. The molecule has 18 nitrogen and oxygen atoms in total. The molecule has 0 radical (unpaired) electrons. The lowest BCUT2D eigenvalue weighted by Gasteiger charge is -2.38. The van der Waals surface area contributed by atoms with Gasteiger partial charge in [0.25, 0.3) is 17.7 Å². The molecule has 1 saturated heterocycles. The molecule has 2 aliphatic rings. The fourth-order valence-corrected chi connectivity index (χ4v) is 8.93. The molecule has 2 aliphatic heterocycles. The third-order valence-electron chi connectivity index (χ3n) is 12.2. The number of hydrogen-bond donors (Lipinski definition) is 5. The second-order valence-corrected chi connectivity index (χ2v) is 18.4. The van der Waals surface area contributed by atoms with Crippen molar-refractivity contribution >= 4 is 64.4 Å². The van der Waals surface area contributed by atoms with Crippen LogP contribution in [0.15, 0.2) is 35.7 Å². The number of carbonyl (C=O) groups is 8. The van der Waals surface area contributed by atoms with Gasteiger partial charge in [0.2, 0.25) is 17.7 Å². The summed E-state index contributed by atoms with van der Waals surface area (Å²) in [6.07, 6.45) is 5.11. The Bertz CT molecular complexity index is 2070. The summed E-state index contributed by atoms with van der Waals surface area (Å²) < 4.78 is 5.78. The third-order valence-corrected chi connectivity index (χ3v) is 13.1. The van der Waals surface area contributed by atoms with E-state index in [1.54, 1.807) is 18.0 Å². The lowest BCUT2D eigenvalue weighted by Crippen LogP contribution is -2.58. The number of aliphatic carboxylic acids is 1. The van der Waals surface area contributed by atoms with Crippen molar-refractivity contribution in [3.63, 3.8) is 0 Å². The number of aromatic nitrogens is 1. The van der Waals surface area contributed by atoms with Gasteiger partial charge >= 0.3 is 11.9 Å². The van der Waals surface area contributed by atoms with Crippen LogP contribution in [0.25, 0.3) is 0 Å². The molecule has 0 spiro atoms. The number of benzene rings is 1. The van der Waals surface area contributed by atoms with Gasteiger partial charge < -0.3 is 35.8 Å². The number of carboxylic acids is 1. The van der Waals surface area contributed by atoms with E-state index in [9.17, 15) is 48.6 Å². The molecule has 19 heteroatoms. The Kier molecular flexibility index (Phi) is 19.2. The molecule has 65 heavy (non-hydrogen) atoms. The first-order chi connectivity index (χ1) is 30.7. The van der Waals surface area contributed by atoms with Crippen LogP contribution in [-0.4, -0.2) is 129 Å². The van der Waals surface area contributed by atoms with Gasteiger partial charge in [0.1, 0.15) is 22.5 Å². The first-order valence-corrected chi connectivity index (χ1v) is 23.2. The zero-order valence-electron chi connectivity index (χ0n) is 38.6. The zero-order chi connectivity index (χ0) is 48.1. The molecule has 3 heterocycles. The number of amides is 6. The standard InChI is InChI=1S/C46H65N7O11S/c1-9-27(4)41(50-43(60)34-13-10-11-19-51(34)7)45(61)52(8)35(26(2)3)24-37(64-29(6)54)44-49-33(25-65-44)42(59)47-31(21-28(5)46(62)63)22-30-15-16-36(55)32(23-30)48-38(56)14-12-20-53-39(57)17-18-40(53)58/h15-18,23,25-28,31,34-35,37,41,55H,9-14,19-22,24H2,1-8H3,(H,47,59)(H,48,56)(H,50,60)(H,62,63)/t27-,28+,31+,34+,35+,37+,41-/m0/s1. The van der Waals surface area contributed by atoms with E-state index in [4.69, 9.17) is 4.74 Å². The van der Waals surface area contributed by atoms with Crippen LogP contribution in [-0.2, 0) is 44.7 Å². The van der Waals surface area contributed by atoms with Crippen molar-refractivity contribution < 1.29 is 53.3 Å². The van der Waals surface area contributed by atoms with E-state index in [0.717, 1.165) is 47.8 Å². The number of nitrogens with one attached hydrogen (secondary N) is 3. The number of esters is 1. The van der Waals surface area contributed by atoms with Crippen LogP contribution in [0.2, 0.25) is 0 Å². The summed E-state index contributed by atoms with van der Waals surface area (Å²) in [5, 5.41) is 30.7. The van der Waals surface area contributed by atoms with E-state index < -0.39 is 65.7 Å². The van der Waals surface area contributed by atoms with Gasteiger partial charge in [-0.25, -0.2) is 4.98 Å². The Labute approximate surface area is 384 Å². The number of carboxylic acid groups (broad SMARTS) is 1. The van der Waals surface area contributed by atoms with Crippen molar-refractivity contribution in [3.05, 3.63) is 52.0 Å². The molecule has 1 aromatic carbocycles. The van der Waals surface area contributed by atoms with Crippen LogP contribution in [0.4, 0.5) is 5.69 Å². The molecule has 0 unspecified atom stereocenters. The maximum atomic E-state index is 14.3. The van der Waals surface area contributed by atoms with Crippen LogP contribution in [0.1, 0.15) is 120 Å². The van der Waals surface area contributed by atoms with E-state index in [1.165, 1.54) is 31.4 Å². The van der Waals surface area contributed by atoms with E-state index in [-0.39, 0.29) is 85.5 Å². The number of hydrogen-bond acceptors (Lipinski definition) is 13. The number of likely N-dealkylation sites (tertiary alicyclic amines) is 1. The minimum absolute atomic E-state index is 0.000319. The molecule has 7 atom stereocenters. The van der Waals surface area contributed by atoms with Gasteiger partial charge in [-0.3, -0.25) is 48.2 Å². The summed E-state index contributed by atoms with van der Waals surface area (Å²) in [6.45, 7) is 11.4. The number of carbonyl (C=O) groups excluding carboxylic acids is 7. The zero-order valence-corrected chi connectivity index (χ0v) is 39.4. The molecule has 0 bridgehead atoms. The number of ether oxygens (including phenoxy) is 1. The lowest BCUT2D eigenvalue weighted by molar-refractivity contribution is -0.149. The lowest BCUT2D eigenvalue weighted by atomic mass is 9.92. The van der Waals surface area contributed by atoms with Crippen LogP contribution >= 0.6 is 11.3 Å². The van der Waals surface area contributed by atoms with E-state index in [0.29, 0.717) is 23.4 Å². The molecule has 4 rings (SSSR count). The van der Waals surface area contributed by atoms with Crippen molar-refractivity contribution in [2.45, 2.75) is 130 Å². The van der Waals surface area contributed by atoms with Gasteiger partial charge in [0, 0.05) is 63.0 Å². The summed E-state index contributed by atoms with van der Waals surface area (Å²) in [6, 6.07) is 2.14. The number of nitrogens with zero attached hydrogens (tertiary/aromatic N) is 4. The quantitative estimate of drug-likeness (QED) is 0.0589. The second kappa shape index (κ2) is 24.0. The highest BCUT2D eigenvalue weighted by Crippen LogP contribution is 2.32. The predicted octanol–water partition coefficient (Wildman–Crippen LogP) is 4.44. The second-order valence-electron chi connectivity index (χ2n) is 17.5. The molecular formula is C46H65N7O11S. The minimum Gasteiger partial charge on any atom is -0.506 e. The van der Waals surface area contributed by atoms with Gasteiger partial charge in [-0.05, 0) is 75.2 Å². The highest BCUT2D eigenvalue weighted by Gasteiger charge is 2.37. The molecule has 0 saturated carbocycles. The monoisotopic (exact) mass is 923 g/mol. The largest absolute Gasteiger partial charge is 0.506 e. The number of aromatic hydroxyl groups is 1. The molecule has 356 valence electrons. The van der Waals surface area contributed by atoms with Crippen molar-refractivity contribution in [1.29, 1.82) is 0 Å². The summed E-state index contributed by atoms with van der Waals surface area (Å²) >= 11 is 1.10. The Morgan fingerprint density at radius 2 is 1.71 bits per heavy atom. The summed E-state index contributed by atoms with van der Waals surface area (Å²) in [4.78, 5) is 112. The Balaban J connectivity index is 1.48.